The Labute approximate surface area is 83.2 Å². The van der Waals surface area contributed by atoms with Crippen LogP contribution in [0.4, 0.5) is 0 Å². The van der Waals surface area contributed by atoms with Gasteiger partial charge in [0.15, 0.2) is 0 Å². The first-order chi connectivity index (χ1) is 6.65. The number of nitrogens with zero attached hydrogens (tertiary/aromatic N) is 4. The monoisotopic (exact) mass is 189 g/mol. The molecule has 2 aromatic heterocycles. The Morgan fingerprint density at radius 3 is 2.57 bits per heavy atom. The summed E-state index contributed by atoms with van der Waals surface area (Å²) in [7, 11) is 3.83. The van der Waals surface area contributed by atoms with E-state index in [0.29, 0.717) is 0 Å². The SMILES string of the molecule is Cc1nn(C)cc1Cc1[c]nn(C)c1. The minimum Gasteiger partial charge on any atom is -0.275 e. The fourth-order valence-electron chi connectivity index (χ4n) is 1.54. The maximum Gasteiger partial charge on any atom is 0.116 e. The summed E-state index contributed by atoms with van der Waals surface area (Å²) in [6.45, 7) is 2.02. The molecule has 4 nitrogen and oxygen atoms in total. The molecule has 0 aliphatic carbocycles. The van der Waals surface area contributed by atoms with Crippen molar-refractivity contribution < 1.29 is 0 Å². The molecular weight excluding hydrogens is 176 g/mol. The van der Waals surface area contributed by atoms with Crippen LogP contribution in [-0.2, 0) is 20.5 Å². The summed E-state index contributed by atoms with van der Waals surface area (Å²) >= 11 is 0. The van der Waals surface area contributed by atoms with Crippen LogP contribution >= 0.6 is 0 Å². The lowest BCUT2D eigenvalue weighted by molar-refractivity contribution is 0.756. The zero-order valence-electron chi connectivity index (χ0n) is 8.65. The largest absolute Gasteiger partial charge is 0.275 e. The van der Waals surface area contributed by atoms with Gasteiger partial charge < -0.3 is 0 Å². The van der Waals surface area contributed by atoms with E-state index in [-0.39, 0.29) is 0 Å². The van der Waals surface area contributed by atoms with Crippen molar-refractivity contribution in [1.29, 1.82) is 0 Å². The highest BCUT2D eigenvalue weighted by atomic mass is 15.3. The first-order valence-corrected chi connectivity index (χ1v) is 4.54. The lowest BCUT2D eigenvalue weighted by Gasteiger charge is -1.93. The van der Waals surface area contributed by atoms with Crippen LogP contribution in [0.25, 0.3) is 0 Å². The maximum absolute atomic E-state index is 4.29. The summed E-state index contributed by atoms with van der Waals surface area (Å²) in [5.74, 6) is 0. The van der Waals surface area contributed by atoms with Gasteiger partial charge in [0.25, 0.3) is 0 Å². The molecule has 0 atom stereocenters. The van der Waals surface area contributed by atoms with Crippen LogP contribution in [0.5, 0.6) is 0 Å². The standard InChI is InChI=1S/C10H13N4/c1-8-10(7-14(3)12-8)4-9-5-11-13(2)6-9/h6-7H,4H2,1-3H3. The van der Waals surface area contributed by atoms with Crippen LogP contribution in [0.2, 0.25) is 0 Å². The summed E-state index contributed by atoms with van der Waals surface area (Å²) in [6.07, 6.45) is 7.84. The Morgan fingerprint density at radius 1 is 1.29 bits per heavy atom. The van der Waals surface area contributed by atoms with E-state index in [4.69, 9.17) is 0 Å². The molecule has 0 bridgehead atoms. The second kappa shape index (κ2) is 3.29. The molecule has 2 heterocycles. The maximum atomic E-state index is 4.29. The van der Waals surface area contributed by atoms with Gasteiger partial charge in [-0.1, -0.05) is 0 Å². The van der Waals surface area contributed by atoms with Gasteiger partial charge in [0.2, 0.25) is 0 Å². The van der Waals surface area contributed by atoms with Gasteiger partial charge in [-0.15, -0.1) is 0 Å². The number of hydrogen-bond donors (Lipinski definition) is 0. The van der Waals surface area contributed by atoms with Crippen LogP contribution < -0.4 is 0 Å². The minimum atomic E-state index is 0.855. The molecule has 2 aromatic rings. The smallest absolute Gasteiger partial charge is 0.116 e. The molecule has 73 valence electrons. The van der Waals surface area contributed by atoms with E-state index in [1.165, 1.54) is 5.56 Å². The van der Waals surface area contributed by atoms with Gasteiger partial charge in [-0.05, 0) is 12.5 Å². The van der Waals surface area contributed by atoms with Crippen LogP contribution in [-0.4, -0.2) is 19.6 Å². The summed E-state index contributed by atoms with van der Waals surface area (Å²) < 4.78 is 3.60. The van der Waals surface area contributed by atoms with Crippen molar-refractivity contribution in [2.45, 2.75) is 13.3 Å². The van der Waals surface area contributed by atoms with Gasteiger partial charge >= 0.3 is 0 Å². The predicted molar refractivity (Wildman–Crippen MR) is 52.8 cm³/mol. The average Bonchev–Trinajstić information content (AvgIpc) is 2.61. The summed E-state index contributed by atoms with van der Waals surface area (Å²) in [6, 6.07) is 0. The average molecular weight is 189 g/mol. The molecule has 0 spiro atoms. The molecule has 0 N–H and O–H groups in total. The first-order valence-electron chi connectivity index (χ1n) is 4.54. The molecule has 0 aromatic carbocycles. The molecule has 0 saturated heterocycles. The molecule has 14 heavy (non-hydrogen) atoms. The van der Waals surface area contributed by atoms with Crippen LogP contribution in [0.3, 0.4) is 0 Å². The third-order valence-corrected chi connectivity index (χ3v) is 2.19. The lowest BCUT2D eigenvalue weighted by Crippen LogP contribution is -1.87. The molecule has 0 aliphatic heterocycles. The number of aromatic nitrogens is 4. The fraction of sp³-hybridized carbons (Fsp3) is 0.400. The molecule has 0 aliphatic rings. The predicted octanol–water partition coefficient (Wildman–Crippen LogP) is 0.853. The van der Waals surface area contributed by atoms with E-state index in [9.17, 15) is 0 Å². The summed E-state index contributed by atoms with van der Waals surface area (Å²) in [5.41, 5.74) is 3.41. The van der Waals surface area contributed by atoms with Crippen molar-refractivity contribution in [3.8, 4) is 0 Å². The minimum absolute atomic E-state index is 0.855. The molecule has 0 amide bonds. The van der Waals surface area contributed by atoms with E-state index in [0.717, 1.165) is 17.7 Å². The Balaban J connectivity index is 2.22. The van der Waals surface area contributed by atoms with Crippen molar-refractivity contribution in [3.63, 3.8) is 0 Å². The van der Waals surface area contributed by atoms with Crippen molar-refractivity contribution in [2.24, 2.45) is 14.1 Å². The van der Waals surface area contributed by atoms with Crippen LogP contribution in [0.1, 0.15) is 16.8 Å². The quantitative estimate of drug-likeness (QED) is 0.702. The molecule has 0 unspecified atom stereocenters. The highest BCUT2D eigenvalue weighted by molar-refractivity contribution is 5.23. The lowest BCUT2D eigenvalue weighted by atomic mass is 10.1. The second-order valence-electron chi connectivity index (χ2n) is 3.53. The second-order valence-corrected chi connectivity index (χ2v) is 3.53. The molecule has 4 heteroatoms. The number of hydrogen-bond acceptors (Lipinski definition) is 2. The Bertz CT molecular complexity index is 439. The zero-order chi connectivity index (χ0) is 10.1. The molecule has 2 rings (SSSR count). The molecule has 1 radical (unpaired) electrons. The molecule has 0 fully saturated rings. The Morgan fingerprint density at radius 2 is 2.07 bits per heavy atom. The van der Waals surface area contributed by atoms with Crippen LogP contribution in [0, 0.1) is 13.1 Å². The van der Waals surface area contributed by atoms with Crippen molar-refractivity contribution in [3.05, 3.63) is 35.4 Å². The van der Waals surface area contributed by atoms with Gasteiger partial charge in [0, 0.05) is 38.5 Å². The highest BCUT2D eigenvalue weighted by Gasteiger charge is 2.05. The van der Waals surface area contributed by atoms with E-state index in [1.54, 1.807) is 4.68 Å². The summed E-state index contributed by atoms with van der Waals surface area (Å²) in [5, 5.41) is 8.30. The first kappa shape index (κ1) is 8.99. The summed E-state index contributed by atoms with van der Waals surface area (Å²) in [4.78, 5) is 0. The van der Waals surface area contributed by atoms with E-state index >= 15 is 0 Å². The van der Waals surface area contributed by atoms with Crippen molar-refractivity contribution >= 4 is 0 Å². The zero-order valence-corrected chi connectivity index (χ0v) is 8.65. The van der Waals surface area contributed by atoms with Gasteiger partial charge in [0.05, 0.1) is 5.69 Å². The third-order valence-electron chi connectivity index (χ3n) is 2.19. The number of rotatable bonds is 2. The van der Waals surface area contributed by atoms with E-state index in [1.807, 2.05) is 38.1 Å². The Kier molecular flexibility index (Phi) is 2.11. The van der Waals surface area contributed by atoms with Gasteiger partial charge in [0.1, 0.15) is 6.20 Å². The molecular formula is C10H13N4. The third kappa shape index (κ3) is 1.69. The van der Waals surface area contributed by atoms with Gasteiger partial charge in [-0.25, -0.2) is 0 Å². The van der Waals surface area contributed by atoms with E-state index < -0.39 is 0 Å². The fourth-order valence-corrected chi connectivity index (χ4v) is 1.54. The highest BCUT2D eigenvalue weighted by Crippen LogP contribution is 2.10. The van der Waals surface area contributed by atoms with Crippen molar-refractivity contribution in [2.75, 3.05) is 0 Å². The topological polar surface area (TPSA) is 35.6 Å². The molecule has 0 saturated carbocycles. The van der Waals surface area contributed by atoms with E-state index in [2.05, 4.69) is 16.4 Å². The Hall–Kier alpha value is -1.58. The van der Waals surface area contributed by atoms with Gasteiger partial charge in [-0.2, -0.15) is 10.2 Å². The van der Waals surface area contributed by atoms with Gasteiger partial charge in [-0.3, -0.25) is 9.36 Å². The normalized spacial score (nSPS) is 10.8. The van der Waals surface area contributed by atoms with Crippen molar-refractivity contribution in [1.82, 2.24) is 19.6 Å². The number of aryl methyl sites for hydroxylation is 3. The van der Waals surface area contributed by atoms with Crippen LogP contribution in [0.15, 0.2) is 12.4 Å².